The average molecular weight is 692 g/mol. The van der Waals surface area contributed by atoms with Gasteiger partial charge in [0.15, 0.2) is 5.79 Å². The van der Waals surface area contributed by atoms with Crippen molar-refractivity contribution in [3.8, 4) is 0 Å². The van der Waals surface area contributed by atoms with Crippen LogP contribution in [0.1, 0.15) is 111 Å². The van der Waals surface area contributed by atoms with Crippen molar-refractivity contribution < 1.29 is 19.1 Å². The Morgan fingerprint density at radius 2 is 1.62 bits per heavy atom. The summed E-state index contributed by atoms with van der Waals surface area (Å²) in [4.78, 5) is 36.6. The molecule has 1 spiro atoms. The molecule has 0 bridgehead atoms. The number of rotatable bonds is 5. The van der Waals surface area contributed by atoms with Gasteiger partial charge in [-0.3, -0.25) is 19.3 Å². The predicted molar refractivity (Wildman–Crippen MR) is 192 cm³/mol. The molecule has 278 valence electrons. The molecule has 50 heavy (non-hydrogen) atoms. The number of carbonyl (C=O) groups is 2. The number of nitrogens with zero attached hydrogens (tertiary/aromatic N) is 4. The van der Waals surface area contributed by atoms with E-state index in [-0.39, 0.29) is 30.1 Å². The van der Waals surface area contributed by atoms with Gasteiger partial charge in [0.2, 0.25) is 11.8 Å². The first-order valence-corrected chi connectivity index (χ1v) is 20.7. The third kappa shape index (κ3) is 6.04. The molecule has 9 nitrogen and oxygen atoms in total. The zero-order valence-corrected chi connectivity index (χ0v) is 31.5. The largest absolute Gasteiger partial charge is 0.353 e. The van der Waals surface area contributed by atoms with Crippen LogP contribution in [0.25, 0.3) is 4.85 Å². The number of nitrogens with one attached hydrogen (secondary N) is 1. The minimum absolute atomic E-state index is 0.0180. The van der Waals surface area contributed by atoms with Crippen LogP contribution in [-0.2, 0) is 19.1 Å². The smallest absolute Gasteiger partial charge is 0.270 e. The summed E-state index contributed by atoms with van der Waals surface area (Å²) in [6, 6.07) is 0.741. The van der Waals surface area contributed by atoms with Gasteiger partial charge in [0.25, 0.3) is 6.67 Å². The second-order valence-electron chi connectivity index (χ2n) is 19.0. The lowest BCUT2D eigenvalue weighted by molar-refractivity contribution is -0.273. The molecular formula is C41H65N5O4. The molecule has 8 fully saturated rings. The van der Waals surface area contributed by atoms with E-state index < -0.39 is 0 Å². The van der Waals surface area contributed by atoms with Crippen molar-refractivity contribution >= 4 is 11.8 Å². The maximum absolute atomic E-state index is 13.2. The molecule has 4 aliphatic heterocycles. The van der Waals surface area contributed by atoms with E-state index in [1.807, 2.05) is 4.90 Å². The average Bonchev–Trinajstić information content (AvgIpc) is 3.56. The highest BCUT2D eigenvalue weighted by Gasteiger charge is 2.69. The van der Waals surface area contributed by atoms with Gasteiger partial charge in [0.05, 0.1) is 12.7 Å². The van der Waals surface area contributed by atoms with Gasteiger partial charge in [-0.1, -0.05) is 27.7 Å². The number of hydrogen-bond donors (Lipinski definition) is 1. The van der Waals surface area contributed by atoms with E-state index in [0.717, 1.165) is 82.6 Å². The minimum atomic E-state index is -0.336. The Balaban J connectivity index is 0.813. The molecular weight excluding hydrogens is 626 g/mol. The second kappa shape index (κ2) is 13.6. The maximum Gasteiger partial charge on any atom is 0.270 e. The first kappa shape index (κ1) is 35.3. The van der Waals surface area contributed by atoms with Crippen molar-refractivity contribution in [2.24, 2.45) is 52.3 Å². The lowest BCUT2D eigenvalue weighted by atomic mass is 9.44. The molecule has 4 aliphatic carbocycles. The van der Waals surface area contributed by atoms with Gasteiger partial charge in [-0.15, -0.1) is 0 Å². The van der Waals surface area contributed by atoms with E-state index in [2.05, 4.69) is 47.7 Å². The van der Waals surface area contributed by atoms with Gasteiger partial charge in [-0.2, -0.15) is 0 Å². The van der Waals surface area contributed by atoms with Gasteiger partial charge in [0, 0.05) is 63.7 Å². The third-order valence-electron chi connectivity index (χ3n) is 16.6. The molecule has 0 aromatic carbocycles. The van der Waals surface area contributed by atoms with Crippen molar-refractivity contribution in [3.05, 3.63) is 11.4 Å². The Bertz CT molecular complexity index is 1310. The van der Waals surface area contributed by atoms with Crippen molar-refractivity contribution in [2.45, 2.75) is 135 Å². The molecule has 1 N–H and O–H groups in total. The van der Waals surface area contributed by atoms with E-state index in [0.29, 0.717) is 66.4 Å². The van der Waals surface area contributed by atoms with E-state index >= 15 is 0 Å². The molecule has 8 aliphatic rings. The van der Waals surface area contributed by atoms with Crippen molar-refractivity contribution in [3.63, 3.8) is 0 Å². The van der Waals surface area contributed by atoms with Crippen LogP contribution in [-0.4, -0.2) is 103 Å². The summed E-state index contributed by atoms with van der Waals surface area (Å²) >= 11 is 0. The van der Waals surface area contributed by atoms with Gasteiger partial charge in [-0.05, 0) is 117 Å². The summed E-state index contributed by atoms with van der Waals surface area (Å²) in [6.45, 7) is 23.6. The Hall–Kier alpha value is -1.73. The highest BCUT2D eigenvalue weighted by atomic mass is 16.7. The van der Waals surface area contributed by atoms with E-state index in [1.54, 1.807) is 0 Å². The SMILES string of the molecule is [C-]#[N+]CN1CCC(N2CCN(C(=O)CC(=O)NC3CC[C@]4(C)C5CC[C@]6(C)[C@@H]7C(C[C@H]6[C@@H]5CC[C@@H]4C3)O[C@]3(CC[C@H](C)CO3)[C@H]7C)CC2)CC1. The molecule has 0 aromatic heterocycles. The van der Waals surface area contributed by atoms with Crippen LogP contribution in [0.3, 0.4) is 0 Å². The van der Waals surface area contributed by atoms with Crippen LogP contribution in [0.2, 0.25) is 0 Å². The normalized spacial score (nSPS) is 46.8. The fraction of sp³-hybridized carbons (Fsp3) is 0.927. The number of piperidine rings is 1. The fourth-order valence-electron chi connectivity index (χ4n) is 13.8. The Labute approximate surface area is 301 Å². The van der Waals surface area contributed by atoms with Crippen LogP contribution in [0, 0.1) is 58.8 Å². The molecule has 4 saturated heterocycles. The van der Waals surface area contributed by atoms with Crippen molar-refractivity contribution in [1.82, 2.24) is 20.0 Å². The van der Waals surface area contributed by atoms with Crippen LogP contribution in [0.15, 0.2) is 0 Å². The van der Waals surface area contributed by atoms with E-state index in [4.69, 9.17) is 16.0 Å². The predicted octanol–water partition coefficient (Wildman–Crippen LogP) is 5.79. The Morgan fingerprint density at radius 3 is 2.34 bits per heavy atom. The molecule has 0 radical (unpaired) electrons. The number of likely N-dealkylation sites (tertiary alicyclic amines) is 1. The molecule has 4 heterocycles. The zero-order chi connectivity index (χ0) is 34.8. The van der Waals surface area contributed by atoms with Gasteiger partial charge < -0.3 is 19.7 Å². The number of ether oxygens (including phenoxy) is 2. The summed E-state index contributed by atoms with van der Waals surface area (Å²) in [6.07, 6.45) is 14.6. The summed E-state index contributed by atoms with van der Waals surface area (Å²) < 4.78 is 13.5. The molecule has 0 aromatic rings. The summed E-state index contributed by atoms with van der Waals surface area (Å²) in [5, 5.41) is 3.34. The topological polar surface area (TPSA) is 78.7 Å². The quantitative estimate of drug-likeness (QED) is 0.291. The molecule has 3 unspecified atom stereocenters. The number of carbonyl (C=O) groups excluding carboxylic acids is 2. The molecule has 8 rings (SSSR count). The zero-order valence-electron chi connectivity index (χ0n) is 31.5. The highest BCUT2D eigenvalue weighted by Crippen LogP contribution is 2.71. The fourth-order valence-corrected chi connectivity index (χ4v) is 13.8. The second-order valence-corrected chi connectivity index (χ2v) is 19.0. The Kier molecular flexibility index (Phi) is 9.60. The highest BCUT2D eigenvalue weighted by molar-refractivity contribution is 5.97. The van der Waals surface area contributed by atoms with Gasteiger partial charge >= 0.3 is 0 Å². The number of piperazine rings is 1. The number of hydrogen-bond acceptors (Lipinski definition) is 6. The van der Waals surface area contributed by atoms with Gasteiger partial charge in [0.1, 0.15) is 6.42 Å². The third-order valence-corrected chi connectivity index (χ3v) is 16.6. The summed E-state index contributed by atoms with van der Waals surface area (Å²) in [7, 11) is 0. The standard InChI is InChI=1S/C41H65N5O4/c1-27-8-15-41(49-25-27)28(2)38-35(50-41)23-34-32-7-6-29-22-30(9-13-39(29,3)33(32)10-14-40(34,38)4)43-36(47)24-37(48)46-20-18-45(19-21-46)31-11-16-44(17-12-31)26-42-5/h27-35,38H,6-26H2,1-4H3,(H,43,47)/t27-,28-,29+,30?,32+,33?,34-,35?,38-,39-,40-,41+/m0/s1. The Morgan fingerprint density at radius 1 is 0.860 bits per heavy atom. The van der Waals surface area contributed by atoms with Crippen LogP contribution in [0.4, 0.5) is 0 Å². The first-order valence-electron chi connectivity index (χ1n) is 20.7. The van der Waals surface area contributed by atoms with Gasteiger partial charge in [-0.25, -0.2) is 11.5 Å². The summed E-state index contributed by atoms with van der Waals surface area (Å²) in [5.74, 6) is 4.27. The van der Waals surface area contributed by atoms with Crippen LogP contribution >= 0.6 is 0 Å². The molecule has 12 atom stereocenters. The minimum Gasteiger partial charge on any atom is -0.353 e. The van der Waals surface area contributed by atoms with E-state index in [1.165, 1.54) is 44.9 Å². The molecule has 2 amide bonds. The van der Waals surface area contributed by atoms with E-state index in [9.17, 15) is 9.59 Å². The van der Waals surface area contributed by atoms with Crippen LogP contribution < -0.4 is 5.32 Å². The van der Waals surface area contributed by atoms with Crippen molar-refractivity contribution in [1.29, 1.82) is 0 Å². The number of amides is 2. The van der Waals surface area contributed by atoms with Crippen LogP contribution in [0.5, 0.6) is 0 Å². The molecule has 9 heteroatoms. The monoisotopic (exact) mass is 692 g/mol. The maximum atomic E-state index is 13.2. The van der Waals surface area contributed by atoms with Crippen molar-refractivity contribution in [2.75, 3.05) is 52.5 Å². The number of fused-ring (bicyclic) bond motifs is 7. The lowest BCUT2D eigenvalue weighted by Gasteiger charge is -2.61. The first-order chi connectivity index (χ1) is 24.0. The summed E-state index contributed by atoms with van der Waals surface area (Å²) in [5.41, 5.74) is 0.703. The lowest BCUT2D eigenvalue weighted by Crippen LogP contribution is -2.56. The molecule has 4 saturated carbocycles.